The second-order valence-electron chi connectivity index (χ2n) is 9.00. The summed E-state index contributed by atoms with van der Waals surface area (Å²) in [6.45, 7) is 0.903. The van der Waals surface area contributed by atoms with Crippen molar-refractivity contribution < 1.29 is 27.2 Å². The third kappa shape index (κ3) is 5.60. The minimum atomic E-state index is -4.60. The van der Waals surface area contributed by atoms with Crippen LogP contribution in [-0.4, -0.2) is 65.8 Å². The SMILES string of the molecule is CNc1ncnc(N2CC[C@@H](C=O)[C@H](N3CCC[C@@H](N(P)c4cc(Cl)cc(C(F)(F)F)c4)C3=O)C2)c1F. The standard InChI is InChI=1S/C23H26ClF4N6O2P/c1-29-20-19(25)21(31-12-30-20)32-6-4-13(11-35)18(10-32)33-5-2-3-17(22(33)36)34(37)16-8-14(23(26,27)28)7-15(24)9-16/h7-9,11-13,17-18H,2-6,10,37H2,1H3,(H,29,30,31)/t13-,17+,18+/m0/s1. The molecule has 200 valence electrons. The van der Waals surface area contributed by atoms with Gasteiger partial charge < -0.3 is 24.6 Å². The molecule has 2 fully saturated rings. The van der Waals surface area contributed by atoms with Crippen molar-refractivity contribution in [3.63, 3.8) is 0 Å². The number of nitrogens with zero attached hydrogens (tertiary/aromatic N) is 5. The number of halogens is 5. The summed E-state index contributed by atoms with van der Waals surface area (Å²) in [7, 11) is 3.86. The molecule has 2 saturated heterocycles. The lowest BCUT2D eigenvalue weighted by Crippen LogP contribution is -2.60. The topological polar surface area (TPSA) is 81.7 Å². The predicted octanol–water partition coefficient (Wildman–Crippen LogP) is 4.01. The molecule has 0 radical (unpaired) electrons. The van der Waals surface area contributed by atoms with E-state index in [4.69, 9.17) is 11.6 Å². The zero-order valence-electron chi connectivity index (χ0n) is 19.9. The lowest BCUT2D eigenvalue weighted by atomic mass is 9.89. The summed E-state index contributed by atoms with van der Waals surface area (Å²) in [6.07, 6.45) is -1.20. The highest BCUT2D eigenvalue weighted by Crippen LogP contribution is 2.38. The van der Waals surface area contributed by atoms with Crippen molar-refractivity contribution >= 4 is 50.5 Å². The lowest BCUT2D eigenvalue weighted by molar-refractivity contribution is -0.139. The molecule has 4 atom stereocenters. The minimum Gasteiger partial charge on any atom is -0.371 e. The van der Waals surface area contributed by atoms with Crippen LogP contribution < -0.4 is 14.9 Å². The van der Waals surface area contributed by atoms with Gasteiger partial charge in [-0.05, 0) is 46.9 Å². The number of nitrogens with one attached hydrogen (secondary N) is 1. The first-order valence-corrected chi connectivity index (χ1v) is 12.5. The molecule has 1 aromatic heterocycles. The molecule has 1 unspecified atom stereocenters. The second-order valence-corrected chi connectivity index (χ2v) is 10.00. The number of amides is 1. The number of anilines is 3. The molecule has 0 bridgehead atoms. The number of likely N-dealkylation sites (tertiary alicyclic amines) is 1. The summed E-state index contributed by atoms with van der Waals surface area (Å²) in [5.41, 5.74) is -0.788. The predicted molar refractivity (Wildman–Crippen MR) is 135 cm³/mol. The van der Waals surface area contributed by atoms with Crippen LogP contribution in [0.3, 0.4) is 0 Å². The molecule has 2 aliphatic heterocycles. The zero-order valence-corrected chi connectivity index (χ0v) is 21.8. The van der Waals surface area contributed by atoms with Gasteiger partial charge in [0.15, 0.2) is 11.6 Å². The van der Waals surface area contributed by atoms with E-state index in [2.05, 4.69) is 24.7 Å². The highest BCUT2D eigenvalue weighted by atomic mass is 35.5. The van der Waals surface area contributed by atoms with Crippen molar-refractivity contribution in [1.82, 2.24) is 14.9 Å². The number of rotatable bonds is 6. The molecule has 14 heteroatoms. The zero-order chi connectivity index (χ0) is 26.9. The van der Waals surface area contributed by atoms with Crippen LogP contribution in [0.25, 0.3) is 0 Å². The third-order valence-corrected chi connectivity index (χ3v) is 7.68. The maximum atomic E-state index is 14.9. The minimum absolute atomic E-state index is 0.0339. The number of benzene rings is 1. The molecule has 1 N–H and O–H groups in total. The second kappa shape index (κ2) is 10.9. The van der Waals surface area contributed by atoms with Crippen LogP contribution >= 0.6 is 21.0 Å². The van der Waals surface area contributed by atoms with Crippen LogP contribution in [-0.2, 0) is 15.8 Å². The van der Waals surface area contributed by atoms with Crippen molar-refractivity contribution in [3.05, 3.63) is 40.9 Å². The molecule has 1 aromatic carbocycles. The number of aldehydes is 1. The van der Waals surface area contributed by atoms with Crippen LogP contribution in [0.15, 0.2) is 24.5 Å². The van der Waals surface area contributed by atoms with E-state index in [9.17, 15) is 27.2 Å². The summed E-state index contributed by atoms with van der Waals surface area (Å²) >= 11 is 5.95. The Hall–Kier alpha value is -2.72. The fourth-order valence-corrected chi connectivity index (χ4v) is 5.58. The largest absolute Gasteiger partial charge is 0.416 e. The van der Waals surface area contributed by atoms with Gasteiger partial charge in [0.1, 0.15) is 18.7 Å². The molecule has 4 rings (SSSR count). The smallest absolute Gasteiger partial charge is 0.371 e. The average Bonchev–Trinajstić information content (AvgIpc) is 2.87. The van der Waals surface area contributed by atoms with Gasteiger partial charge in [0, 0.05) is 43.3 Å². The Bertz CT molecular complexity index is 1170. The van der Waals surface area contributed by atoms with Gasteiger partial charge in [-0.1, -0.05) is 11.6 Å². The highest BCUT2D eigenvalue weighted by molar-refractivity contribution is 7.19. The van der Waals surface area contributed by atoms with Crippen molar-refractivity contribution in [1.29, 1.82) is 0 Å². The number of carbonyl (C=O) groups is 2. The van der Waals surface area contributed by atoms with Gasteiger partial charge in [-0.2, -0.15) is 17.6 Å². The Balaban J connectivity index is 1.59. The maximum Gasteiger partial charge on any atom is 0.416 e. The normalized spacial score (nSPS) is 22.7. The Kier molecular flexibility index (Phi) is 8.08. The van der Waals surface area contributed by atoms with Gasteiger partial charge in [0.05, 0.1) is 11.6 Å². The van der Waals surface area contributed by atoms with Gasteiger partial charge in [0.2, 0.25) is 11.7 Å². The number of carbonyl (C=O) groups excluding carboxylic acids is 2. The number of aromatic nitrogens is 2. The van der Waals surface area contributed by atoms with E-state index in [1.807, 2.05) is 0 Å². The number of alkyl halides is 3. The van der Waals surface area contributed by atoms with Crippen molar-refractivity contribution in [2.45, 2.75) is 37.5 Å². The third-order valence-electron chi connectivity index (χ3n) is 6.81. The van der Waals surface area contributed by atoms with Gasteiger partial charge >= 0.3 is 6.18 Å². The van der Waals surface area contributed by atoms with Crippen LogP contribution in [0.1, 0.15) is 24.8 Å². The van der Waals surface area contributed by atoms with Crippen molar-refractivity contribution in [2.24, 2.45) is 5.92 Å². The molecule has 3 heterocycles. The molecule has 0 saturated carbocycles. The monoisotopic (exact) mass is 560 g/mol. The average molecular weight is 561 g/mol. The van der Waals surface area contributed by atoms with Crippen LogP contribution in [0.4, 0.5) is 34.9 Å². The molecular weight excluding hydrogens is 535 g/mol. The summed E-state index contributed by atoms with van der Waals surface area (Å²) in [6, 6.07) is 1.79. The first-order valence-electron chi connectivity index (χ1n) is 11.7. The molecule has 37 heavy (non-hydrogen) atoms. The molecule has 1 amide bonds. The van der Waals surface area contributed by atoms with E-state index in [-0.39, 0.29) is 34.8 Å². The number of piperidine rings is 2. The van der Waals surface area contributed by atoms with Crippen molar-refractivity contribution in [3.8, 4) is 0 Å². The highest BCUT2D eigenvalue weighted by Gasteiger charge is 2.42. The first kappa shape index (κ1) is 27.3. The van der Waals surface area contributed by atoms with E-state index in [1.165, 1.54) is 24.1 Å². The van der Waals surface area contributed by atoms with Crippen LogP contribution in [0, 0.1) is 11.7 Å². The van der Waals surface area contributed by atoms with Gasteiger partial charge in [-0.25, -0.2) is 9.97 Å². The Morgan fingerprint density at radius 2 is 1.97 bits per heavy atom. The maximum absolute atomic E-state index is 14.9. The van der Waals surface area contributed by atoms with Crippen molar-refractivity contribution in [2.75, 3.05) is 41.6 Å². The number of hydrogen-bond acceptors (Lipinski definition) is 7. The summed E-state index contributed by atoms with van der Waals surface area (Å²) in [4.78, 5) is 36.8. The molecule has 2 aliphatic rings. The van der Waals surface area contributed by atoms with E-state index in [1.54, 1.807) is 9.80 Å². The van der Waals surface area contributed by atoms with E-state index in [0.717, 1.165) is 18.4 Å². The molecule has 0 aliphatic carbocycles. The summed E-state index contributed by atoms with van der Waals surface area (Å²) < 4.78 is 56.3. The quantitative estimate of drug-likeness (QED) is 0.325. The first-order chi connectivity index (χ1) is 17.5. The summed E-state index contributed by atoms with van der Waals surface area (Å²) in [5, 5.41) is 2.56. The molecule has 0 spiro atoms. The fourth-order valence-electron chi connectivity index (χ4n) is 4.92. The lowest BCUT2D eigenvalue weighted by Gasteiger charge is -2.46. The van der Waals surface area contributed by atoms with Crippen LogP contribution in [0.5, 0.6) is 0 Å². The molecule has 8 nitrogen and oxygen atoms in total. The Morgan fingerprint density at radius 3 is 2.65 bits per heavy atom. The number of hydrogen-bond donors (Lipinski definition) is 1. The molecular formula is C23H26ClF4N6O2P. The summed E-state index contributed by atoms with van der Waals surface area (Å²) in [5.74, 6) is -1.33. The molecule has 2 aromatic rings. The van der Waals surface area contributed by atoms with E-state index >= 15 is 0 Å². The van der Waals surface area contributed by atoms with E-state index < -0.39 is 35.6 Å². The van der Waals surface area contributed by atoms with Gasteiger partial charge in [-0.15, -0.1) is 0 Å². The Labute approximate surface area is 218 Å². The fraction of sp³-hybridized carbons (Fsp3) is 0.478. The van der Waals surface area contributed by atoms with Crippen LogP contribution in [0.2, 0.25) is 5.02 Å². The van der Waals surface area contributed by atoms with Gasteiger partial charge in [-0.3, -0.25) is 4.79 Å². The Morgan fingerprint density at radius 1 is 1.22 bits per heavy atom. The van der Waals surface area contributed by atoms with E-state index in [0.29, 0.717) is 32.4 Å². The van der Waals surface area contributed by atoms with Gasteiger partial charge in [0.25, 0.3) is 0 Å².